The van der Waals surface area contributed by atoms with Crippen LogP contribution < -0.4 is 22.6 Å². The Bertz CT molecular complexity index is 921. The predicted molar refractivity (Wildman–Crippen MR) is 104 cm³/mol. The van der Waals surface area contributed by atoms with Gasteiger partial charge in [0.2, 0.25) is 0 Å². The van der Waals surface area contributed by atoms with Crippen LogP contribution in [0.2, 0.25) is 0 Å². The van der Waals surface area contributed by atoms with Gasteiger partial charge in [-0.05, 0) is 36.4 Å². The zero-order chi connectivity index (χ0) is 18.6. The maximum atomic E-state index is 12.9. The molecule has 4 rings (SSSR count). The Morgan fingerprint density at radius 1 is 1.04 bits per heavy atom. The molecule has 148 valence electrons. The molecule has 3 aromatic rings. The van der Waals surface area contributed by atoms with Gasteiger partial charge >= 0.3 is 0 Å². The summed E-state index contributed by atoms with van der Waals surface area (Å²) in [6, 6.07) is 13.8. The van der Waals surface area contributed by atoms with Crippen molar-refractivity contribution in [2.24, 2.45) is 0 Å². The van der Waals surface area contributed by atoms with Crippen LogP contribution in [0.4, 0.5) is 10.1 Å². The minimum atomic E-state index is -0.338. The Labute approximate surface area is 169 Å². The van der Waals surface area contributed by atoms with Crippen molar-refractivity contribution >= 4 is 22.6 Å². The van der Waals surface area contributed by atoms with Crippen LogP contribution in [-0.2, 0) is 0 Å². The second-order valence-electron chi connectivity index (χ2n) is 6.71. The summed E-state index contributed by atoms with van der Waals surface area (Å²) in [4.78, 5) is 16.7. The van der Waals surface area contributed by atoms with E-state index in [9.17, 15) is 9.18 Å². The highest BCUT2D eigenvalue weighted by atomic mass is 35.5. The topological polar surface area (TPSA) is 48.7 Å². The third kappa shape index (κ3) is 4.46. The number of piperazine rings is 1. The maximum Gasteiger partial charge on any atom is 0.251 e. The van der Waals surface area contributed by atoms with Crippen molar-refractivity contribution in [2.45, 2.75) is 0 Å². The monoisotopic (exact) mass is 402 g/mol. The number of amides is 1. The van der Waals surface area contributed by atoms with E-state index >= 15 is 0 Å². The van der Waals surface area contributed by atoms with E-state index in [1.807, 2.05) is 6.07 Å². The molecule has 0 bridgehead atoms. The van der Waals surface area contributed by atoms with Crippen LogP contribution in [0.25, 0.3) is 11.0 Å². The Balaban J connectivity index is 0.00000225. The van der Waals surface area contributed by atoms with Crippen molar-refractivity contribution in [2.75, 3.05) is 44.2 Å². The molecule has 0 aliphatic carbocycles. The van der Waals surface area contributed by atoms with Crippen molar-refractivity contribution in [1.29, 1.82) is 0 Å². The number of benzene rings is 2. The number of anilines is 1. The summed E-state index contributed by atoms with van der Waals surface area (Å²) < 4.78 is 18.6. The Kier molecular flexibility index (Phi) is 6.54. The average molecular weight is 403 g/mol. The number of nitrogens with zero attached hydrogens (tertiary/aromatic N) is 2. The zero-order valence-electron chi connectivity index (χ0n) is 15.4. The van der Waals surface area contributed by atoms with Crippen molar-refractivity contribution in [3.05, 3.63) is 66.2 Å². The van der Waals surface area contributed by atoms with Crippen molar-refractivity contribution < 1.29 is 26.0 Å². The van der Waals surface area contributed by atoms with E-state index < -0.39 is 0 Å². The summed E-state index contributed by atoms with van der Waals surface area (Å²) in [6.07, 6.45) is 1.73. The van der Waals surface area contributed by atoms with Gasteiger partial charge in [-0.2, -0.15) is 0 Å². The number of hydrogen-bond donors (Lipinski definition) is 1. The van der Waals surface area contributed by atoms with E-state index in [4.69, 9.17) is 4.42 Å². The molecule has 0 unspecified atom stereocenters. The number of halogens is 2. The number of fused-ring (bicyclic) bond motifs is 1. The van der Waals surface area contributed by atoms with Crippen LogP contribution in [0.1, 0.15) is 10.4 Å². The molecule has 1 aromatic heterocycles. The summed E-state index contributed by atoms with van der Waals surface area (Å²) in [5.74, 6) is -0.507. The standard InChI is InChI=1S/C21H22FN3O2.ClH/c22-18-6-4-17(5-7-18)21(26)23-9-10-24-11-13-25(14-12-24)19-3-1-2-16-8-15-27-20(16)19;/h1-8,15H,9-14H2,(H,23,26);1H/p-1. The third-order valence-corrected chi connectivity index (χ3v) is 4.99. The molecule has 0 spiro atoms. The number of para-hydroxylation sites is 1. The minimum absolute atomic E-state index is 0. The molecule has 2 heterocycles. The maximum absolute atomic E-state index is 12.9. The van der Waals surface area contributed by atoms with Crippen LogP contribution in [0.3, 0.4) is 0 Å². The molecule has 28 heavy (non-hydrogen) atoms. The van der Waals surface area contributed by atoms with Gasteiger partial charge in [-0.15, -0.1) is 0 Å². The Hall–Kier alpha value is -2.57. The van der Waals surface area contributed by atoms with Crippen molar-refractivity contribution in [3.8, 4) is 0 Å². The molecule has 0 atom stereocenters. The van der Waals surface area contributed by atoms with Crippen LogP contribution in [0, 0.1) is 5.82 Å². The van der Waals surface area contributed by atoms with Crippen LogP contribution in [0.15, 0.2) is 59.2 Å². The summed E-state index contributed by atoms with van der Waals surface area (Å²) in [5.41, 5.74) is 2.56. The van der Waals surface area contributed by atoms with E-state index in [0.29, 0.717) is 12.1 Å². The first-order valence-electron chi connectivity index (χ1n) is 9.18. The van der Waals surface area contributed by atoms with Gasteiger partial charge in [0.05, 0.1) is 12.0 Å². The van der Waals surface area contributed by atoms with E-state index in [1.54, 1.807) is 6.26 Å². The molecule has 1 aliphatic rings. The first-order valence-corrected chi connectivity index (χ1v) is 9.18. The lowest BCUT2D eigenvalue weighted by Gasteiger charge is -2.36. The molecule has 2 aromatic carbocycles. The first kappa shape index (κ1) is 20.2. The number of furan rings is 1. The molecule has 1 N–H and O–H groups in total. The summed E-state index contributed by atoms with van der Waals surface area (Å²) in [5, 5.41) is 4.02. The number of nitrogens with one attached hydrogen (secondary N) is 1. The molecule has 1 saturated heterocycles. The highest BCUT2D eigenvalue weighted by molar-refractivity contribution is 5.94. The second-order valence-corrected chi connectivity index (χ2v) is 6.71. The SMILES string of the molecule is O=C(NCCN1CCN(c2cccc3ccoc23)CC1)c1ccc(F)cc1.[Cl-]. The lowest BCUT2D eigenvalue weighted by atomic mass is 10.2. The Morgan fingerprint density at radius 2 is 1.79 bits per heavy atom. The molecule has 1 fully saturated rings. The normalized spacial score (nSPS) is 14.7. The molecule has 5 nitrogen and oxygen atoms in total. The van der Waals surface area contributed by atoms with E-state index in [2.05, 4.69) is 33.3 Å². The van der Waals surface area contributed by atoms with Gasteiger partial charge in [0, 0.05) is 50.2 Å². The molecular weight excluding hydrogens is 381 g/mol. The molecule has 1 aliphatic heterocycles. The van der Waals surface area contributed by atoms with Crippen molar-refractivity contribution in [1.82, 2.24) is 10.2 Å². The third-order valence-electron chi connectivity index (χ3n) is 4.99. The largest absolute Gasteiger partial charge is 1.00 e. The van der Waals surface area contributed by atoms with Crippen LogP contribution in [0.5, 0.6) is 0 Å². The van der Waals surface area contributed by atoms with Crippen LogP contribution >= 0.6 is 0 Å². The molecule has 7 heteroatoms. The smallest absolute Gasteiger partial charge is 0.251 e. The van der Waals surface area contributed by atoms with Crippen molar-refractivity contribution in [3.63, 3.8) is 0 Å². The first-order chi connectivity index (χ1) is 13.2. The van der Waals surface area contributed by atoms with Gasteiger partial charge in [0.1, 0.15) is 5.82 Å². The number of hydrogen-bond acceptors (Lipinski definition) is 4. The quantitative estimate of drug-likeness (QED) is 0.659. The van der Waals surface area contributed by atoms with Gasteiger partial charge in [-0.3, -0.25) is 9.69 Å². The average Bonchev–Trinajstić information content (AvgIpc) is 3.18. The van der Waals surface area contributed by atoms with Gasteiger partial charge in [-0.1, -0.05) is 12.1 Å². The molecule has 0 saturated carbocycles. The van der Waals surface area contributed by atoms with Gasteiger partial charge in [-0.25, -0.2) is 4.39 Å². The van der Waals surface area contributed by atoms with Gasteiger partial charge in [0.15, 0.2) is 5.58 Å². The molecule has 1 amide bonds. The zero-order valence-corrected chi connectivity index (χ0v) is 16.2. The summed E-state index contributed by atoms with van der Waals surface area (Å²) in [6.45, 7) is 5.08. The number of carbonyl (C=O) groups excluding carboxylic acids is 1. The fraction of sp³-hybridized carbons (Fsp3) is 0.286. The lowest BCUT2D eigenvalue weighted by Crippen LogP contribution is -3.00. The Morgan fingerprint density at radius 3 is 2.54 bits per heavy atom. The summed E-state index contributed by atoms with van der Waals surface area (Å²) >= 11 is 0. The number of carbonyl (C=O) groups is 1. The highest BCUT2D eigenvalue weighted by Gasteiger charge is 2.19. The number of rotatable bonds is 5. The molecular formula is C21H22ClFN3O2-. The fourth-order valence-corrected chi connectivity index (χ4v) is 3.47. The highest BCUT2D eigenvalue weighted by Crippen LogP contribution is 2.28. The van der Waals surface area contributed by atoms with E-state index in [1.165, 1.54) is 24.3 Å². The van der Waals surface area contributed by atoms with E-state index in [-0.39, 0.29) is 24.1 Å². The lowest BCUT2D eigenvalue weighted by molar-refractivity contribution is -0.0000148. The summed E-state index contributed by atoms with van der Waals surface area (Å²) in [7, 11) is 0. The fourth-order valence-electron chi connectivity index (χ4n) is 3.47. The minimum Gasteiger partial charge on any atom is -1.00 e. The van der Waals surface area contributed by atoms with E-state index in [0.717, 1.165) is 49.4 Å². The molecule has 0 radical (unpaired) electrons. The van der Waals surface area contributed by atoms with Gasteiger partial charge in [0.25, 0.3) is 5.91 Å². The van der Waals surface area contributed by atoms with Gasteiger partial charge < -0.3 is 27.0 Å². The predicted octanol–water partition coefficient (Wildman–Crippen LogP) is 0.128. The second kappa shape index (κ2) is 9.08. The van der Waals surface area contributed by atoms with Crippen LogP contribution in [-0.4, -0.2) is 50.1 Å².